The summed E-state index contributed by atoms with van der Waals surface area (Å²) in [6, 6.07) is 4.03. The van der Waals surface area contributed by atoms with Crippen molar-refractivity contribution in [2.75, 3.05) is 5.32 Å². The molecular weight excluding hydrogens is 268 g/mol. The van der Waals surface area contributed by atoms with E-state index in [-0.39, 0.29) is 11.9 Å². The number of carbonyl (C=O) groups is 1. The lowest BCUT2D eigenvalue weighted by Crippen LogP contribution is -2.22. The van der Waals surface area contributed by atoms with Crippen LogP contribution >= 0.6 is 15.9 Å². The van der Waals surface area contributed by atoms with Gasteiger partial charge < -0.3 is 11.1 Å². The molecule has 0 spiro atoms. The molecule has 1 amide bonds. The third kappa shape index (κ3) is 2.13. The molecule has 0 saturated carbocycles. The predicted octanol–water partition coefficient (Wildman–Crippen LogP) is 2.74. The van der Waals surface area contributed by atoms with Crippen LogP contribution < -0.4 is 11.1 Å². The van der Waals surface area contributed by atoms with Gasteiger partial charge in [0.1, 0.15) is 0 Å². The van der Waals surface area contributed by atoms with Crippen molar-refractivity contribution >= 4 is 27.5 Å². The molecule has 0 bridgehead atoms. The van der Waals surface area contributed by atoms with Gasteiger partial charge >= 0.3 is 0 Å². The number of amides is 1. The number of aryl methyl sites for hydroxylation is 1. The zero-order valence-electron chi connectivity index (χ0n) is 9.22. The fourth-order valence-electron chi connectivity index (χ4n) is 2.00. The molecule has 4 heteroatoms. The molecule has 1 unspecified atom stereocenters. The second kappa shape index (κ2) is 4.55. The molecule has 1 aliphatic rings. The Morgan fingerprint density at radius 1 is 1.50 bits per heavy atom. The van der Waals surface area contributed by atoms with Crippen molar-refractivity contribution in [3.63, 3.8) is 0 Å². The van der Waals surface area contributed by atoms with Crippen LogP contribution in [0.15, 0.2) is 16.6 Å². The molecule has 3 nitrogen and oxygen atoms in total. The Hall–Kier alpha value is -0.870. The van der Waals surface area contributed by atoms with Gasteiger partial charge in [-0.25, -0.2) is 0 Å². The molecule has 2 rings (SSSR count). The number of nitrogens with one attached hydrogen (secondary N) is 1. The number of rotatable bonds is 2. The minimum absolute atomic E-state index is 0.0235. The topological polar surface area (TPSA) is 55.1 Å². The molecule has 16 heavy (non-hydrogen) atoms. The number of nitrogens with two attached hydrogens (primary N) is 1. The van der Waals surface area contributed by atoms with Crippen LogP contribution in [0.25, 0.3) is 0 Å². The summed E-state index contributed by atoms with van der Waals surface area (Å²) in [5, 5.41) is 2.93. The van der Waals surface area contributed by atoms with Crippen LogP contribution in [0.1, 0.15) is 36.9 Å². The van der Waals surface area contributed by atoms with Crippen LogP contribution in [0, 0.1) is 0 Å². The molecule has 1 heterocycles. The third-order valence-electron chi connectivity index (χ3n) is 2.94. The van der Waals surface area contributed by atoms with Crippen LogP contribution in [0.4, 0.5) is 5.69 Å². The van der Waals surface area contributed by atoms with Gasteiger partial charge in [0.2, 0.25) is 5.91 Å². The molecule has 0 saturated heterocycles. The fraction of sp³-hybridized carbons (Fsp3) is 0.417. The van der Waals surface area contributed by atoms with Crippen LogP contribution in [0.3, 0.4) is 0 Å². The Morgan fingerprint density at radius 3 is 2.94 bits per heavy atom. The highest BCUT2D eigenvalue weighted by atomic mass is 79.9. The second-order valence-corrected chi connectivity index (χ2v) is 5.01. The number of fused-ring (bicyclic) bond motifs is 1. The summed E-state index contributed by atoms with van der Waals surface area (Å²) < 4.78 is 1.03. The number of anilines is 1. The largest absolute Gasteiger partial charge is 0.326 e. The minimum atomic E-state index is -0.0235. The zero-order valence-corrected chi connectivity index (χ0v) is 10.8. The Labute approximate surface area is 104 Å². The van der Waals surface area contributed by atoms with Crippen LogP contribution in [-0.2, 0) is 11.2 Å². The van der Waals surface area contributed by atoms with Crippen molar-refractivity contribution in [1.29, 1.82) is 0 Å². The highest BCUT2D eigenvalue weighted by Gasteiger charge is 2.20. The summed E-state index contributed by atoms with van der Waals surface area (Å²) in [4.78, 5) is 11.4. The van der Waals surface area contributed by atoms with Gasteiger partial charge in [-0.2, -0.15) is 0 Å². The number of carbonyl (C=O) groups excluding carboxylic acids is 1. The summed E-state index contributed by atoms with van der Waals surface area (Å²) in [7, 11) is 0. The summed E-state index contributed by atoms with van der Waals surface area (Å²) in [6.45, 7) is 2.04. The molecule has 0 fully saturated rings. The van der Waals surface area contributed by atoms with E-state index in [0.717, 1.165) is 28.6 Å². The Balaban J connectivity index is 2.51. The van der Waals surface area contributed by atoms with E-state index >= 15 is 0 Å². The van der Waals surface area contributed by atoms with Crippen LogP contribution in [0.2, 0.25) is 0 Å². The molecule has 86 valence electrons. The molecule has 0 aromatic heterocycles. The first-order valence-corrected chi connectivity index (χ1v) is 6.29. The van der Waals surface area contributed by atoms with E-state index < -0.39 is 0 Å². The van der Waals surface area contributed by atoms with Gasteiger partial charge in [-0.1, -0.05) is 22.9 Å². The zero-order chi connectivity index (χ0) is 11.7. The monoisotopic (exact) mass is 282 g/mol. The van der Waals surface area contributed by atoms with E-state index in [1.807, 2.05) is 13.0 Å². The first kappa shape index (κ1) is 11.6. The van der Waals surface area contributed by atoms with Gasteiger partial charge in [-0.05, 0) is 36.1 Å². The summed E-state index contributed by atoms with van der Waals surface area (Å²) >= 11 is 3.49. The lowest BCUT2D eigenvalue weighted by atomic mass is 9.94. The maximum atomic E-state index is 11.4. The van der Waals surface area contributed by atoms with Gasteiger partial charge in [0, 0.05) is 22.6 Å². The summed E-state index contributed by atoms with van der Waals surface area (Å²) in [5.41, 5.74) is 9.19. The van der Waals surface area contributed by atoms with Gasteiger partial charge in [0.05, 0.1) is 0 Å². The highest BCUT2D eigenvalue weighted by molar-refractivity contribution is 9.10. The quantitative estimate of drug-likeness (QED) is 0.876. The minimum Gasteiger partial charge on any atom is -0.326 e. The van der Waals surface area contributed by atoms with Gasteiger partial charge in [0.15, 0.2) is 0 Å². The lowest BCUT2D eigenvalue weighted by molar-refractivity contribution is -0.116. The average molecular weight is 283 g/mol. The first-order chi connectivity index (χ1) is 7.61. The number of hydrogen-bond donors (Lipinski definition) is 2. The van der Waals surface area contributed by atoms with Gasteiger partial charge in [-0.15, -0.1) is 0 Å². The van der Waals surface area contributed by atoms with E-state index in [2.05, 4.69) is 27.3 Å². The molecule has 1 atom stereocenters. The summed E-state index contributed by atoms with van der Waals surface area (Å²) in [5.74, 6) is 0.0828. The van der Waals surface area contributed by atoms with E-state index in [1.54, 1.807) is 0 Å². The molecule has 0 radical (unpaired) electrons. The molecule has 1 aromatic rings. The molecule has 3 N–H and O–H groups in total. The Morgan fingerprint density at radius 2 is 2.25 bits per heavy atom. The van der Waals surface area contributed by atoms with Crippen molar-refractivity contribution in [2.24, 2.45) is 5.73 Å². The molecule has 0 aliphatic carbocycles. The van der Waals surface area contributed by atoms with E-state index in [4.69, 9.17) is 5.73 Å². The lowest BCUT2D eigenvalue weighted by Gasteiger charge is -2.23. The van der Waals surface area contributed by atoms with Crippen molar-refractivity contribution in [2.45, 2.75) is 32.2 Å². The number of halogens is 1. The van der Waals surface area contributed by atoms with Crippen LogP contribution in [0.5, 0.6) is 0 Å². The maximum absolute atomic E-state index is 11.4. The molecular formula is C12H15BrN2O. The normalized spacial score (nSPS) is 16.6. The van der Waals surface area contributed by atoms with Crippen molar-refractivity contribution in [3.05, 3.63) is 27.7 Å². The van der Waals surface area contributed by atoms with E-state index in [0.29, 0.717) is 6.42 Å². The van der Waals surface area contributed by atoms with E-state index in [1.165, 1.54) is 5.56 Å². The maximum Gasteiger partial charge on any atom is 0.224 e. The predicted molar refractivity (Wildman–Crippen MR) is 68.3 cm³/mol. The molecule has 1 aliphatic heterocycles. The SMILES string of the molecule is CCC(N)c1cc(Br)cc2c1NC(=O)CC2. The smallest absolute Gasteiger partial charge is 0.224 e. The Kier molecular flexibility index (Phi) is 3.30. The van der Waals surface area contributed by atoms with Crippen LogP contribution in [-0.4, -0.2) is 5.91 Å². The van der Waals surface area contributed by atoms with Gasteiger partial charge in [0.25, 0.3) is 0 Å². The number of hydrogen-bond acceptors (Lipinski definition) is 2. The Bertz CT molecular complexity index is 431. The van der Waals surface area contributed by atoms with Crippen molar-refractivity contribution in [1.82, 2.24) is 0 Å². The fourth-order valence-corrected chi connectivity index (χ4v) is 2.52. The second-order valence-electron chi connectivity index (χ2n) is 4.09. The van der Waals surface area contributed by atoms with Crippen molar-refractivity contribution in [3.8, 4) is 0 Å². The van der Waals surface area contributed by atoms with Gasteiger partial charge in [-0.3, -0.25) is 4.79 Å². The first-order valence-electron chi connectivity index (χ1n) is 5.49. The summed E-state index contributed by atoms with van der Waals surface area (Å²) in [6.07, 6.45) is 2.22. The number of benzene rings is 1. The highest BCUT2D eigenvalue weighted by Crippen LogP contribution is 2.34. The van der Waals surface area contributed by atoms with E-state index in [9.17, 15) is 4.79 Å². The average Bonchev–Trinajstić information content (AvgIpc) is 2.27. The standard InChI is InChI=1S/C12H15BrN2O/c1-2-10(14)9-6-8(13)5-7-3-4-11(16)15-12(7)9/h5-6,10H,2-4,14H2,1H3,(H,15,16). The third-order valence-corrected chi connectivity index (χ3v) is 3.40. The van der Waals surface area contributed by atoms with Crippen molar-refractivity contribution < 1.29 is 4.79 Å². The molecule has 1 aromatic carbocycles.